The first-order chi connectivity index (χ1) is 11.9. The summed E-state index contributed by atoms with van der Waals surface area (Å²) in [6.07, 6.45) is 8.41. The zero-order chi connectivity index (χ0) is 18.3. The maximum absolute atomic E-state index is 6.99. The molecule has 1 unspecified atom stereocenters. The topological polar surface area (TPSA) is 9.23 Å². The van der Waals surface area contributed by atoms with Gasteiger partial charge in [-0.3, -0.25) is 0 Å². The number of hydrogen-bond acceptors (Lipinski definition) is 1. The first kappa shape index (κ1) is 19.5. The number of hydrogen-bond donors (Lipinski definition) is 0. The fourth-order valence-electron chi connectivity index (χ4n) is 3.54. The fourth-order valence-corrected chi connectivity index (χ4v) is 8.28. The van der Waals surface area contributed by atoms with E-state index in [2.05, 4.69) is 94.3 Å². The van der Waals surface area contributed by atoms with Gasteiger partial charge >= 0.3 is 0 Å². The van der Waals surface area contributed by atoms with Gasteiger partial charge in [-0.15, -0.1) is 12.3 Å². The van der Waals surface area contributed by atoms with Crippen LogP contribution in [0, 0.1) is 12.3 Å². The van der Waals surface area contributed by atoms with E-state index in [1.165, 1.54) is 10.4 Å². The van der Waals surface area contributed by atoms with E-state index < -0.39 is 8.32 Å². The van der Waals surface area contributed by atoms with E-state index in [9.17, 15) is 0 Å². The summed E-state index contributed by atoms with van der Waals surface area (Å²) >= 11 is 0. The summed E-state index contributed by atoms with van der Waals surface area (Å²) in [7, 11) is -2.42. The van der Waals surface area contributed by atoms with Crippen molar-refractivity contribution in [3.63, 3.8) is 0 Å². The molecule has 0 bridgehead atoms. The minimum atomic E-state index is -2.42. The molecule has 132 valence electrons. The molecule has 2 aromatic carbocycles. The second-order valence-corrected chi connectivity index (χ2v) is 11.9. The Balaban J connectivity index is 2.51. The number of unbranched alkanes of at least 4 members (excludes halogenated alkanes) is 1. The van der Waals surface area contributed by atoms with Gasteiger partial charge in [0.2, 0.25) is 0 Å². The first-order valence-electron chi connectivity index (χ1n) is 9.14. The third kappa shape index (κ3) is 4.42. The van der Waals surface area contributed by atoms with Crippen LogP contribution in [0.15, 0.2) is 60.7 Å². The molecular formula is C23H30OSi. The molecule has 2 heteroatoms. The normalized spacial score (nSPS) is 13.2. The zero-order valence-corrected chi connectivity index (χ0v) is 17.0. The minimum absolute atomic E-state index is 0.0239. The van der Waals surface area contributed by atoms with E-state index in [1.807, 2.05) is 0 Å². The van der Waals surface area contributed by atoms with E-state index in [0.717, 1.165) is 19.3 Å². The summed E-state index contributed by atoms with van der Waals surface area (Å²) in [6.45, 7) is 9.13. The smallest absolute Gasteiger partial charge is 0.261 e. The highest BCUT2D eigenvalue weighted by Gasteiger charge is 2.50. The Morgan fingerprint density at radius 3 is 1.84 bits per heavy atom. The van der Waals surface area contributed by atoms with Crippen LogP contribution < -0.4 is 10.4 Å². The van der Waals surface area contributed by atoms with Gasteiger partial charge in [-0.1, -0.05) is 81.4 Å². The SMILES string of the molecule is C#CCCCC(C)O[Si](c1ccccc1)(c1ccccc1)C(C)(C)C. The molecule has 0 radical (unpaired) electrons. The lowest BCUT2D eigenvalue weighted by Crippen LogP contribution is -2.67. The molecule has 0 aliphatic rings. The maximum Gasteiger partial charge on any atom is 0.261 e. The van der Waals surface area contributed by atoms with Gasteiger partial charge in [0, 0.05) is 12.5 Å². The van der Waals surface area contributed by atoms with Crippen molar-refractivity contribution in [3.05, 3.63) is 60.7 Å². The quantitative estimate of drug-likeness (QED) is 0.397. The van der Waals surface area contributed by atoms with Crippen molar-refractivity contribution in [2.75, 3.05) is 0 Å². The van der Waals surface area contributed by atoms with Gasteiger partial charge in [0.25, 0.3) is 8.32 Å². The Bertz CT molecular complexity index is 640. The van der Waals surface area contributed by atoms with Crippen LogP contribution in [0.1, 0.15) is 47.0 Å². The molecule has 0 saturated carbocycles. The molecule has 2 aromatic rings. The Kier molecular flexibility index (Phi) is 6.64. The highest BCUT2D eigenvalue weighted by Crippen LogP contribution is 2.37. The molecule has 0 amide bonds. The largest absolute Gasteiger partial charge is 0.405 e. The van der Waals surface area contributed by atoms with Gasteiger partial charge in [-0.2, -0.15) is 0 Å². The lowest BCUT2D eigenvalue weighted by Gasteiger charge is -2.44. The van der Waals surface area contributed by atoms with Gasteiger partial charge in [-0.05, 0) is 35.2 Å². The second-order valence-electron chi connectivity index (χ2n) is 7.69. The molecule has 0 spiro atoms. The van der Waals surface area contributed by atoms with Crippen molar-refractivity contribution in [1.82, 2.24) is 0 Å². The maximum atomic E-state index is 6.99. The van der Waals surface area contributed by atoms with E-state index in [1.54, 1.807) is 0 Å². The average Bonchev–Trinajstić information content (AvgIpc) is 2.60. The molecule has 0 aromatic heterocycles. The number of terminal acetylenes is 1. The summed E-state index contributed by atoms with van der Waals surface area (Å²) in [6, 6.07) is 21.6. The molecule has 2 rings (SSSR count). The Morgan fingerprint density at radius 2 is 1.44 bits per heavy atom. The predicted octanol–water partition coefficient (Wildman–Crippen LogP) is 4.76. The van der Waals surface area contributed by atoms with Gasteiger partial charge in [0.05, 0.1) is 0 Å². The lowest BCUT2D eigenvalue weighted by molar-refractivity contribution is 0.194. The first-order valence-corrected chi connectivity index (χ1v) is 11.0. The van der Waals surface area contributed by atoms with Crippen LogP contribution in [0.5, 0.6) is 0 Å². The molecule has 0 saturated heterocycles. The monoisotopic (exact) mass is 350 g/mol. The van der Waals surface area contributed by atoms with Crippen LogP contribution in [0.25, 0.3) is 0 Å². The van der Waals surface area contributed by atoms with Crippen molar-refractivity contribution < 1.29 is 4.43 Å². The van der Waals surface area contributed by atoms with Crippen LogP contribution in [-0.2, 0) is 4.43 Å². The highest BCUT2D eigenvalue weighted by atomic mass is 28.4. The van der Waals surface area contributed by atoms with E-state index >= 15 is 0 Å². The highest BCUT2D eigenvalue weighted by molar-refractivity contribution is 6.99. The molecule has 0 aliphatic heterocycles. The van der Waals surface area contributed by atoms with E-state index in [-0.39, 0.29) is 11.1 Å². The number of benzene rings is 2. The zero-order valence-electron chi connectivity index (χ0n) is 16.0. The summed E-state index contributed by atoms with van der Waals surface area (Å²) in [5.41, 5.74) is 0. The predicted molar refractivity (Wildman–Crippen MR) is 111 cm³/mol. The van der Waals surface area contributed by atoms with Crippen molar-refractivity contribution in [2.24, 2.45) is 0 Å². The third-order valence-electron chi connectivity index (χ3n) is 4.73. The van der Waals surface area contributed by atoms with Crippen LogP contribution in [-0.4, -0.2) is 14.4 Å². The molecule has 0 N–H and O–H groups in total. The molecule has 25 heavy (non-hydrogen) atoms. The Labute approximate surface area is 154 Å². The van der Waals surface area contributed by atoms with Gasteiger partial charge < -0.3 is 4.43 Å². The summed E-state index contributed by atoms with van der Waals surface area (Å²) < 4.78 is 6.99. The lowest BCUT2D eigenvalue weighted by atomic mass is 10.2. The van der Waals surface area contributed by atoms with Crippen molar-refractivity contribution in [2.45, 2.75) is 58.1 Å². The summed E-state index contributed by atoms with van der Waals surface area (Å²) in [5.74, 6) is 2.74. The molecule has 0 aliphatic carbocycles. The summed E-state index contributed by atoms with van der Waals surface area (Å²) in [5, 5.41) is 2.69. The third-order valence-corrected chi connectivity index (χ3v) is 9.89. The van der Waals surface area contributed by atoms with Crippen LogP contribution in [0.2, 0.25) is 5.04 Å². The Hall–Kier alpha value is -1.82. The standard InChI is InChI=1S/C23H30OSi/c1-6-7-10-15-20(2)24-25(23(3,4)5,21-16-11-8-12-17-21)22-18-13-9-14-19-22/h1,8-9,11-14,16-20H,7,10,15H2,2-5H3. The summed E-state index contributed by atoms with van der Waals surface area (Å²) in [4.78, 5) is 0. The average molecular weight is 351 g/mol. The van der Waals surface area contributed by atoms with Gasteiger partial charge in [-0.25, -0.2) is 0 Å². The van der Waals surface area contributed by atoms with Gasteiger partial charge in [0.15, 0.2) is 0 Å². The van der Waals surface area contributed by atoms with E-state index in [0.29, 0.717) is 0 Å². The molecule has 0 heterocycles. The van der Waals surface area contributed by atoms with Crippen LogP contribution >= 0.6 is 0 Å². The Morgan fingerprint density at radius 1 is 0.960 bits per heavy atom. The van der Waals surface area contributed by atoms with Crippen LogP contribution in [0.4, 0.5) is 0 Å². The van der Waals surface area contributed by atoms with E-state index in [4.69, 9.17) is 10.8 Å². The van der Waals surface area contributed by atoms with Crippen molar-refractivity contribution in [3.8, 4) is 12.3 Å². The second kappa shape index (κ2) is 8.51. The van der Waals surface area contributed by atoms with Crippen molar-refractivity contribution in [1.29, 1.82) is 0 Å². The fraction of sp³-hybridized carbons (Fsp3) is 0.391. The minimum Gasteiger partial charge on any atom is -0.405 e. The van der Waals surface area contributed by atoms with Crippen molar-refractivity contribution >= 4 is 18.7 Å². The molecular weight excluding hydrogens is 320 g/mol. The molecule has 0 fully saturated rings. The molecule has 1 atom stereocenters. The number of rotatable bonds is 7. The van der Waals surface area contributed by atoms with Crippen LogP contribution in [0.3, 0.4) is 0 Å². The molecule has 1 nitrogen and oxygen atoms in total. The van der Waals surface area contributed by atoms with Gasteiger partial charge in [0.1, 0.15) is 0 Å².